The molecule has 0 radical (unpaired) electrons. The monoisotopic (exact) mass is 228 g/mol. The molecule has 0 heterocycles. The topological polar surface area (TPSA) is 46.5 Å². The fraction of sp³-hybridized carbons (Fsp3) is 0.0714. The Bertz CT molecular complexity index is 486. The van der Waals surface area contributed by atoms with Crippen LogP contribution in [-0.4, -0.2) is 18.0 Å². The van der Waals surface area contributed by atoms with Crippen molar-refractivity contribution in [3.63, 3.8) is 0 Å². The van der Waals surface area contributed by atoms with Crippen molar-refractivity contribution in [3.05, 3.63) is 48.5 Å². The highest BCUT2D eigenvalue weighted by Crippen LogP contribution is 2.23. The molecule has 2 aromatic carbocycles. The van der Waals surface area contributed by atoms with Crippen molar-refractivity contribution < 1.29 is 14.6 Å². The van der Waals surface area contributed by atoms with E-state index in [1.54, 1.807) is 12.1 Å². The second kappa shape index (κ2) is 5.16. The maximum atomic E-state index is 10.1. The lowest BCUT2D eigenvalue weighted by Gasteiger charge is -2.05. The van der Waals surface area contributed by atoms with Crippen LogP contribution >= 0.6 is 0 Å². The first kappa shape index (κ1) is 11.2. The Kier molecular flexibility index (Phi) is 3.40. The molecule has 0 aliphatic rings. The van der Waals surface area contributed by atoms with E-state index in [1.165, 1.54) is 0 Å². The van der Waals surface area contributed by atoms with Crippen LogP contribution in [-0.2, 0) is 4.79 Å². The Balaban J connectivity index is 2.17. The lowest BCUT2D eigenvalue weighted by molar-refractivity contribution is -0.109. The molecule has 3 heteroatoms. The van der Waals surface area contributed by atoms with Gasteiger partial charge in [-0.15, -0.1) is 0 Å². The summed E-state index contributed by atoms with van der Waals surface area (Å²) in [4.78, 5) is 10.1. The average molecular weight is 228 g/mol. The molecule has 0 saturated heterocycles. The lowest BCUT2D eigenvalue weighted by Crippen LogP contribution is -1.96. The number of phenols is 1. The van der Waals surface area contributed by atoms with Crippen LogP contribution in [0.25, 0.3) is 11.1 Å². The highest BCUT2D eigenvalue weighted by molar-refractivity contribution is 5.64. The molecule has 0 aliphatic carbocycles. The number of phenolic OH excluding ortho intramolecular Hbond substituents is 1. The first-order valence-corrected chi connectivity index (χ1v) is 5.25. The van der Waals surface area contributed by atoms with Crippen LogP contribution in [0, 0.1) is 0 Å². The molecule has 2 aromatic rings. The summed E-state index contributed by atoms with van der Waals surface area (Å²) in [7, 11) is 0. The molecule has 86 valence electrons. The van der Waals surface area contributed by atoms with Gasteiger partial charge in [-0.05, 0) is 35.4 Å². The number of rotatable bonds is 4. The van der Waals surface area contributed by atoms with Gasteiger partial charge in [-0.3, -0.25) is 4.79 Å². The van der Waals surface area contributed by atoms with E-state index in [1.807, 2.05) is 36.4 Å². The van der Waals surface area contributed by atoms with Gasteiger partial charge in [0.2, 0.25) is 0 Å². The summed E-state index contributed by atoms with van der Waals surface area (Å²) in [6.45, 7) is 0.0680. The van der Waals surface area contributed by atoms with Gasteiger partial charge < -0.3 is 9.84 Å². The van der Waals surface area contributed by atoms with Crippen LogP contribution < -0.4 is 4.74 Å². The Morgan fingerprint density at radius 1 is 0.941 bits per heavy atom. The Hall–Kier alpha value is -2.29. The van der Waals surface area contributed by atoms with E-state index in [0.717, 1.165) is 11.1 Å². The van der Waals surface area contributed by atoms with Gasteiger partial charge in [-0.2, -0.15) is 0 Å². The zero-order valence-corrected chi connectivity index (χ0v) is 9.17. The average Bonchev–Trinajstić information content (AvgIpc) is 2.38. The molecule has 0 unspecified atom stereocenters. The molecule has 2 rings (SSSR count). The molecule has 0 fully saturated rings. The number of benzene rings is 2. The third-order valence-electron chi connectivity index (χ3n) is 2.37. The van der Waals surface area contributed by atoms with Gasteiger partial charge in [0.1, 0.15) is 18.1 Å². The van der Waals surface area contributed by atoms with Gasteiger partial charge in [0.05, 0.1) is 0 Å². The molecule has 0 saturated carbocycles. The number of hydrogen-bond donors (Lipinski definition) is 1. The number of aromatic hydroxyl groups is 1. The van der Waals surface area contributed by atoms with Crippen molar-refractivity contribution in [2.24, 2.45) is 0 Å². The fourth-order valence-electron chi connectivity index (χ4n) is 1.53. The fourth-order valence-corrected chi connectivity index (χ4v) is 1.53. The van der Waals surface area contributed by atoms with E-state index in [0.29, 0.717) is 12.0 Å². The standard InChI is InChI=1S/C14H12O3/c15-9-10-17-14-7-3-12(4-8-14)11-1-5-13(16)6-2-11/h1-9,16H,10H2. The SMILES string of the molecule is O=CCOc1ccc(-c2ccc(O)cc2)cc1. The van der Waals surface area contributed by atoms with Crippen molar-refractivity contribution in [1.29, 1.82) is 0 Å². The van der Waals surface area contributed by atoms with Crippen LogP contribution in [0.2, 0.25) is 0 Å². The summed E-state index contributed by atoms with van der Waals surface area (Å²) >= 11 is 0. The molecule has 0 atom stereocenters. The van der Waals surface area contributed by atoms with Crippen LogP contribution in [0.3, 0.4) is 0 Å². The summed E-state index contributed by atoms with van der Waals surface area (Å²) in [6.07, 6.45) is 0.716. The Morgan fingerprint density at radius 2 is 1.47 bits per heavy atom. The first-order chi connectivity index (χ1) is 8.29. The van der Waals surface area contributed by atoms with Crippen molar-refractivity contribution >= 4 is 6.29 Å². The minimum atomic E-state index is 0.0680. The van der Waals surface area contributed by atoms with E-state index in [2.05, 4.69) is 0 Å². The predicted molar refractivity (Wildman–Crippen MR) is 65.1 cm³/mol. The molecular weight excluding hydrogens is 216 g/mol. The molecule has 1 N–H and O–H groups in total. The molecule has 0 aliphatic heterocycles. The minimum Gasteiger partial charge on any atom is -0.508 e. The molecule has 0 spiro atoms. The smallest absolute Gasteiger partial charge is 0.157 e. The quantitative estimate of drug-likeness (QED) is 0.818. The van der Waals surface area contributed by atoms with Gasteiger partial charge in [-0.25, -0.2) is 0 Å². The predicted octanol–water partition coefficient (Wildman–Crippen LogP) is 2.64. The molecule has 3 nitrogen and oxygen atoms in total. The van der Waals surface area contributed by atoms with Gasteiger partial charge in [0, 0.05) is 0 Å². The summed E-state index contributed by atoms with van der Waals surface area (Å²) in [5, 5.41) is 9.19. The number of hydrogen-bond acceptors (Lipinski definition) is 3. The van der Waals surface area contributed by atoms with Crippen molar-refractivity contribution in [1.82, 2.24) is 0 Å². The summed E-state index contributed by atoms with van der Waals surface area (Å²) in [5.41, 5.74) is 2.05. The van der Waals surface area contributed by atoms with Crippen LogP contribution in [0.1, 0.15) is 0 Å². The second-order valence-corrected chi connectivity index (χ2v) is 3.55. The minimum absolute atomic E-state index is 0.0680. The highest BCUT2D eigenvalue weighted by atomic mass is 16.5. The molecule has 17 heavy (non-hydrogen) atoms. The van der Waals surface area contributed by atoms with Gasteiger partial charge in [0.15, 0.2) is 6.29 Å². The summed E-state index contributed by atoms with van der Waals surface area (Å²) in [5.74, 6) is 0.916. The molecule has 0 amide bonds. The Morgan fingerprint density at radius 3 is 2.00 bits per heavy atom. The van der Waals surface area contributed by atoms with E-state index in [4.69, 9.17) is 4.74 Å². The van der Waals surface area contributed by atoms with E-state index in [-0.39, 0.29) is 12.4 Å². The molecule has 0 aromatic heterocycles. The zero-order chi connectivity index (χ0) is 12.1. The number of carbonyl (C=O) groups excluding carboxylic acids is 1. The number of ether oxygens (including phenoxy) is 1. The lowest BCUT2D eigenvalue weighted by atomic mass is 10.1. The summed E-state index contributed by atoms with van der Waals surface area (Å²) < 4.78 is 5.16. The van der Waals surface area contributed by atoms with E-state index in [9.17, 15) is 9.90 Å². The van der Waals surface area contributed by atoms with E-state index >= 15 is 0 Å². The Labute approximate surface area is 99.3 Å². The van der Waals surface area contributed by atoms with Gasteiger partial charge in [-0.1, -0.05) is 24.3 Å². The largest absolute Gasteiger partial charge is 0.508 e. The van der Waals surface area contributed by atoms with Crippen molar-refractivity contribution in [3.8, 4) is 22.6 Å². The van der Waals surface area contributed by atoms with Crippen molar-refractivity contribution in [2.75, 3.05) is 6.61 Å². The van der Waals surface area contributed by atoms with Crippen LogP contribution in [0.5, 0.6) is 11.5 Å². The van der Waals surface area contributed by atoms with Crippen molar-refractivity contribution in [2.45, 2.75) is 0 Å². The molecule has 0 bridgehead atoms. The zero-order valence-electron chi connectivity index (χ0n) is 9.17. The summed E-state index contributed by atoms with van der Waals surface area (Å²) in [6, 6.07) is 14.4. The maximum absolute atomic E-state index is 10.1. The first-order valence-electron chi connectivity index (χ1n) is 5.25. The third kappa shape index (κ3) is 2.84. The third-order valence-corrected chi connectivity index (χ3v) is 2.37. The van der Waals surface area contributed by atoms with Crippen LogP contribution in [0.4, 0.5) is 0 Å². The number of aldehydes is 1. The van der Waals surface area contributed by atoms with E-state index < -0.39 is 0 Å². The highest BCUT2D eigenvalue weighted by Gasteiger charge is 1.98. The molecular formula is C14H12O3. The maximum Gasteiger partial charge on any atom is 0.157 e. The van der Waals surface area contributed by atoms with Crippen LogP contribution in [0.15, 0.2) is 48.5 Å². The second-order valence-electron chi connectivity index (χ2n) is 3.55. The van der Waals surface area contributed by atoms with Gasteiger partial charge >= 0.3 is 0 Å². The van der Waals surface area contributed by atoms with Gasteiger partial charge in [0.25, 0.3) is 0 Å². The number of carbonyl (C=O) groups is 1. The normalized spacial score (nSPS) is 9.88.